The summed E-state index contributed by atoms with van der Waals surface area (Å²) in [5.74, 6) is -6.98. The van der Waals surface area contributed by atoms with Crippen LogP contribution in [0.3, 0.4) is 0 Å². The number of nitro groups is 1. The Morgan fingerprint density at radius 3 is 1.58 bits per heavy atom. The van der Waals surface area contributed by atoms with Gasteiger partial charge < -0.3 is 28.4 Å². The molecule has 6 rings (SSSR count). The van der Waals surface area contributed by atoms with Gasteiger partial charge in [0.05, 0.1) is 11.3 Å². The number of Topliss-reactive ketones (excluding diaryl/α,β-unsaturated/α-hetero) is 1. The van der Waals surface area contributed by atoms with Gasteiger partial charge in [-0.2, -0.15) is 0 Å². The smallest absolute Gasteiger partial charge is 0.305 e. The molecule has 15 nitrogen and oxygen atoms in total. The quantitative estimate of drug-likeness (QED) is 0.115. The molecule has 0 spiro atoms. The predicted octanol–water partition coefficient (Wildman–Crippen LogP) is 4.41. The molecule has 0 aromatic heterocycles. The van der Waals surface area contributed by atoms with Crippen molar-refractivity contribution in [3.05, 3.63) is 118 Å². The van der Waals surface area contributed by atoms with Gasteiger partial charge in [0.2, 0.25) is 18.4 Å². The van der Waals surface area contributed by atoms with Gasteiger partial charge in [-0.25, -0.2) is 0 Å². The average Bonchev–Trinajstić information content (AvgIpc) is 3.48. The lowest BCUT2D eigenvalue weighted by Crippen LogP contribution is -2.67. The van der Waals surface area contributed by atoms with Crippen LogP contribution in [-0.2, 0) is 62.6 Å². The van der Waals surface area contributed by atoms with Gasteiger partial charge in [0, 0.05) is 39.5 Å². The summed E-state index contributed by atoms with van der Waals surface area (Å²) in [6, 6.07) is 24.2. The minimum absolute atomic E-state index is 0.322. The largest absolute Gasteiger partial charge is 0.459 e. The lowest BCUT2D eigenvalue weighted by molar-refractivity contribution is -0.544. The molecule has 1 heterocycles. The van der Waals surface area contributed by atoms with E-state index < -0.39 is 100 Å². The van der Waals surface area contributed by atoms with Crippen molar-refractivity contribution in [1.82, 2.24) is 0 Å². The van der Waals surface area contributed by atoms with Crippen molar-refractivity contribution in [2.75, 3.05) is 0 Å². The minimum Gasteiger partial charge on any atom is -0.459 e. The first kappa shape index (κ1) is 40.4. The second kappa shape index (κ2) is 15.7. The van der Waals surface area contributed by atoms with Gasteiger partial charge in [-0.05, 0) is 34.8 Å². The van der Waals surface area contributed by atoms with Crippen LogP contribution in [0, 0.1) is 21.4 Å². The van der Waals surface area contributed by atoms with Crippen LogP contribution in [0.5, 0.6) is 0 Å². The first-order valence-corrected chi connectivity index (χ1v) is 18.2. The summed E-state index contributed by atoms with van der Waals surface area (Å²) in [6.07, 6.45) is -11.0. The molecule has 2 bridgehead atoms. The normalized spacial score (nSPS) is 29.5. The minimum atomic E-state index is -1.98. The number of carbonyl (C=O) groups is 6. The number of carbonyl (C=O) groups excluding carboxylic acids is 6. The van der Waals surface area contributed by atoms with Crippen LogP contribution in [-0.4, -0.2) is 83.4 Å². The molecule has 3 aromatic carbocycles. The molecule has 10 atom stereocenters. The Hall–Kier alpha value is -6.22. The molecule has 1 saturated heterocycles. The van der Waals surface area contributed by atoms with Crippen molar-refractivity contribution in [2.45, 2.75) is 89.8 Å². The zero-order valence-electron chi connectivity index (χ0n) is 31.9. The number of nitrogens with zero attached hydrogens (tertiary/aromatic N) is 1. The van der Waals surface area contributed by atoms with Crippen LogP contribution in [0.25, 0.3) is 11.1 Å². The van der Waals surface area contributed by atoms with Gasteiger partial charge in [0.1, 0.15) is 17.6 Å². The highest BCUT2D eigenvalue weighted by Gasteiger charge is 2.82. The number of hydrogen-bond donors (Lipinski definition) is 0. The van der Waals surface area contributed by atoms with Crippen LogP contribution >= 0.6 is 0 Å². The molecule has 298 valence electrons. The van der Waals surface area contributed by atoms with Crippen LogP contribution in [0.15, 0.2) is 91.0 Å². The number of rotatable bonds is 11. The number of hydrogen-bond acceptors (Lipinski definition) is 14. The van der Waals surface area contributed by atoms with Crippen LogP contribution in [0.4, 0.5) is 0 Å². The molecule has 2 fully saturated rings. The number of allylic oxidation sites excluding steroid dienone is 1. The van der Waals surface area contributed by atoms with Gasteiger partial charge >= 0.3 is 29.8 Å². The van der Waals surface area contributed by atoms with Gasteiger partial charge in [0.25, 0.3) is 0 Å². The van der Waals surface area contributed by atoms with Crippen LogP contribution in [0.1, 0.15) is 58.2 Å². The third-order valence-electron chi connectivity index (χ3n) is 10.7. The van der Waals surface area contributed by atoms with Gasteiger partial charge in [0.15, 0.2) is 18.0 Å². The predicted molar refractivity (Wildman–Crippen MR) is 198 cm³/mol. The van der Waals surface area contributed by atoms with E-state index in [1.54, 1.807) is 91.0 Å². The standard InChI is InChI=1S/C42H41NO14/c1-22(44)52-33(34-35(53-23(2)45)36(54-24(3)46)37(55-25(4)47)39(57-34)56-26(5)48)32-38(43(50)51)41(6)30(27-16-10-7-11-17-27)31(28-18-12-8-13-19-28)42(32,40(41)49)29-20-14-9-15-21-29/h7-21,32-39H,1-6H3/t32-,33+,34-,35-,36+,37-,38-,39-,41-,42+/m0/s1. The number of benzene rings is 3. The van der Waals surface area contributed by atoms with Crippen molar-refractivity contribution in [1.29, 1.82) is 0 Å². The Balaban J connectivity index is 1.74. The molecule has 2 aliphatic carbocycles. The van der Waals surface area contributed by atoms with E-state index in [0.717, 1.165) is 34.6 Å². The summed E-state index contributed by atoms with van der Waals surface area (Å²) in [5.41, 5.74) is -1.70. The van der Waals surface area contributed by atoms with Crippen molar-refractivity contribution < 1.29 is 62.1 Å². The fourth-order valence-electron chi connectivity index (χ4n) is 9.12. The van der Waals surface area contributed by atoms with Crippen molar-refractivity contribution >= 4 is 46.8 Å². The molecule has 0 N–H and O–H groups in total. The average molecular weight is 784 g/mol. The third kappa shape index (κ3) is 6.96. The van der Waals surface area contributed by atoms with E-state index in [-0.39, 0.29) is 0 Å². The molecule has 3 aromatic rings. The summed E-state index contributed by atoms with van der Waals surface area (Å²) in [5, 5.41) is 13.8. The molecule has 57 heavy (non-hydrogen) atoms. The molecule has 1 aliphatic heterocycles. The number of ether oxygens (including phenoxy) is 6. The van der Waals surface area contributed by atoms with E-state index in [0.29, 0.717) is 27.8 Å². The summed E-state index contributed by atoms with van der Waals surface area (Å²) in [4.78, 5) is 92.9. The Bertz CT molecular complexity index is 2120. The Kier molecular flexibility index (Phi) is 11.2. The van der Waals surface area contributed by atoms with E-state index in [9.17, 15) is 34.1 Å². The zero-order valence-corrected chi connectivity index (χ0v) is 31.9. The van der Waals surface area contributed by atoms with Crippen molar-refractivity contribution in [3.63, 3.8) is 0 Å². The fourth-order valence-corrected chi connectivity index (χ4v) is 9.12. The van der Waals surface area contributed by atoms with E-state index in [1.807, 2.05) is 0 Å². The zero-order chi connectivity index (χ0) is 41.4. The van der Waals surface area contributed by atoms with Gasteiger partial charge in [-0.15, -0.1) is 0 Å². The Labute approximate surface area is 327 Å². The maximum atomic E-state index is 15.8. The third-order valence-corrected chi connectivity index (χ3v) is 10.7. The molecule has 15 heteroatoms. The molecular weight excluding hydrogens is 742 g/mol. The Morgan fingerprint density at radius 2 is 1.11 bits per heavy atom. The lowest BCUT2D eigenvalue weighted by atomic mass is 9.59. The highest BCUT2D eigenvalue weighted by atomic mass is 16.7. The summed E-state index contributed by atoms with van der Waals surface area (Å²) in [7, 11) is 0. The van der Waals surface area contributed by atoms with Crippen molar-refractivity contribution in [2.24, 2.45) is 11.3 Å². The van der Waals surface area contributed by atoms with Gasteiger partial charge in [-0.1, -0.05) is 91.0 Å². The molecular formula is C42H41NO14. The molecule has 0 radical (unpaired) electrons. The molecule has 1 saturated carbocycles. The fraction of sp³-hybridized carbons (Fsp3) is 0.381. The van der Waals surface area contributed by atoms with E-state index in [4.69, 9.17) is 28.4 Å². The second-order valence-corrected chi connectivity index (χ2v) is 14.3. The highest BCUT2D eigenvalue weighted by molar-refractivity contribution is 6.26. The molecule has 3 aliphatic rings. The van der Waals surface area contributed by atoms with Crippen molar-refractivity contribution in [3.8, 4) is 0 Å². The molecule has 0 amide bonds. The first-order valence-electron chi connectivity index (χ1n) is 18.2. The monoisotopic (exact) mass is 783 g/mol. The number of esters is 5. The summed E-state index contributed by atoms with van der Waals surface area (Å²) < 4.78 is 34.7. The SMILES string of the molecule is CC(=O)O[C@H]1O[C@@H]([C@H](OC(C)=O)[C@H]2[C@H]([N+](=O)[O-])[C@@]3(C)C(=O)[C@]2(c2ccccc2)C(c2ccccc2)=C3c2ccccc2)[C@H](OC(C)=O)[C@@H](OC(C)=O)[C@@H]1OC(C)=O. The van der Waals surface area contributed by atoms with E-state index in [1.165, 1.54) is 6.92 Å². The first-order chi connectivity index (χ1) is 27.0. The maximum Gasteiger partial charge on any atom is 0.305 e. The summed E-state index contributed by atoms with van der Waals surface area (Å²) >= 11 is 0. The lowest BCUT2D eigenvalue weighted by Gasteiger charge is -2.49. The topological polar surface area (TPSA) is 201 Å². The number of fused-ring (bicyclic) bond motifs is 2. The second-order valence-electron chi connectivity index (χ2n) is 14.3. The van der Waals surface area contributed by atoms with E-state index in [2.05, 4.69) is 0 Å². The summed E-state index contributed by atoms with van der Waals surface area (Å²) in [6.45, 7) is 6.64. The molecule has 0 unspecified atom stereocenters. The van der Waals surface area contributed by atoms with Crippen LogP contribution in [0.2, 0.25) is 0 Å². The number of ketones is 1. The van der Waals surface area contributed by atoms with Gasteiger partial charge in [-0.3, -0.25) is 38.9 Å². The van der Waals surface area contributed by atoms with E-state index >= 15 is 4.79 Å². The Morgan fingerprint density at radius 1 is 0.649 bits per heavy atom. The van der Waals surface area contributed by atoms with Crippen LogP contribution < -0.4 is 0 Å². The maximum absolute atomic E-state index is 15.8. The highest BCUT2D eigenvalue weighted by Crippen LogP contribution is 2.71.